The molecule has 0 aliphatic heterocycles. The second-order valence-electron chi connectivity index (χ2n) is 7.84. The molecule has 2 aromatic carbocycles. The fourth-order valence-electron chi connectivity index (χ4n) is 3.22. The maximum atomic E-state index is 12.8. The second kappa shape index (κ2) is 13.1. The van der Waals surface area contributed by atoms with Crippen molar-refractivity contribution in [1.29, 1.82) is 0 Å². The molecule has 0 spiro atoms. The van der Waals surface area contributed by atoms with Crippen LogP contribution in [0.3, 0.4) is 0 Å². The van der Waals surface area contributed by atoms with Crippen molar-refractivity contribution in [2.75, 3.05) is 38.1 Å². The number of sulfonamides is 1. The predicted octanol–water partition coefficient (Wildman–Crippen LogP) is 5.95. The van der Waals surface area contributed by atoms with E-state index in [1.165, 1.54) is 43.1 Å². The van der Waals surface area contributed by atoms with Crippen LogP contribution in [-0.2, 0) is 10.0 Å². The van der Waals surface area contributed by atoms with Crippen molar-refractivity contribution in [2.24, 2.45) is 0 Å². The molecule has 0 radical (unpaired) electrons. The first-order chi connectivity index (χ1) is 14.8. The van der Waals surface area contributed by atoms with Gasteiger partial charge in [-0.1, -0.05) is 42.1 Å². The van der Waals surface area contributed by atoms with Crippen molar-refractivity contribution in [1.82, 2.24) is 4.90 Å². The van der Waals surface area contributed by atoms with E-state index in [-0.39, 0.29) is 4.90 Å². The van der Waals surface area contributed by atoms with Gasteiger partial charge in [0.05, 0.1) is 17.2 Å². The molecular weight excluding hydrogens is 476 g/mol. The third-order valence-corrected chi connectivity index (χ3v) is 7.60. The average molecular weight is 512 g/mol. The molecule has 2 aromatic rings. The van der Waals surface area contributed by atoms with Crippen molar-refractivity contribution in [3.05, 3.63) is 53.0 Å². The molecule has 0 atom stereocenters. The minimum absolute atomic E-state index is 0.259. The molecule has 0 unspecified atom stereocenters. The minimum atomic E-state index is -3.59. The molecule has 0 saturated carbocycles. The largest absolute Gasteiger partial charge is 0.494 e. The lowest BCUT2D eigenvalue weighted by Gasteiger charge is -2.20. The number of benzene rings is 2. The number of hydrogen-bond acceptors (Lipinski definition) is 4. The van der Waals surface area contributed by atoms with Crippen LogP contribution in [0.2, 0.25) is 0 Å². The van der Waals surface area contributed by atoms with Crippen molar-refractivity contribution in [3.8, 4) is 5.75 Å². The number of unbranched alkanes of at least 4 members (excludes halogenated alkanes) is 4. The van der Waals surface area contributed by atoms with E-state index in [1.807, 2.05) is 12.1 Å². The SMILES string of the molecule is CCCCN(C)CCCCCCOc1ccc(N(C)S(=O)(=O)c2ccc(Br)cc2)cc1. The van der Waals surface area contributed by atoms with Crippen molar-refractivity contribution >= 4 is 31.6 Å². The van der Waals surface area contributed by atoms with Crippen LogP contribution in [0.15, 0.2) is 57.9 Å². The topological polar surface area (TPSA) is 49.9 Å². The molecule has 2 rings (SSSR count). The van der Waals surface area contributed by atoms with E-state index >= 15 is 0 Å². The summed E-state index contributed by atoms with van der Waals surface area (Å²) in [5.74, 6) is 0.762. The molecule has 0 fully saturated rings. The summed E-state index contributed by atoms with van der Waals surface area (Å²) in [7, 11) is 0.166. The van der Waals surface area contributed by atoms with E-state index in [4.69, 9.17) is 4.74 Å². The summed E-state index contributed by atoms with van der Waals surface area (Å²) in [5.41, 5.74) is 0.600. The molecule has 0 aromatic heterocycles. The van der Waals surface area contributed by atoms with Gasteiger partial charge >= 0.3 is 0 Å². The van der Waals surface area contributed by atoms with E-state index in [1.54, 1.807) is 43.4 Å². The lowest BCUT2D eigenvalue weighted by Crippen LogP contribution is -2.26. The summed E-state index contributed by atoms with van der Waals surface area (Å²) >= 11 is 3.33. The Morgan fingerprint density at radius 1 is 0.839 bits per heavy atom. The van der Waals surface area contributed by atoms with Gasteiger partial charge < -0.3 is 9.64 Å². The summed E-state index contributed by atoms with van der Waals surface area (Å²) in [5, 5.41) is 0. The van der Waals surface area contributed by atoms with Gasteiger partial charge in [0.2, 0.25) is 0 Å². The fraction of sp³-hybridized carbons (Fsp3) is 0.500. The van der Waals surface area contributed by atoms with E-state index in [0.717, 1.165) is 23.1 Å². The minimum Gasteiger partial charge on any atom is -0.494 e. The summed E-state index contributed by atoms with van der Waals surface area (Å²) < 4.78 is 33.5. The molecule has 0 aliphatic rings. The molecule has 0 aliphatic carbocycles. The summed E-state index contributed by atoms with van der Waals surface area (Å²) in [6.45, 7) is 5.26. The lowest BCUT2D eigenvalue weighted by atomic mass is 10.2. The Hall–Kier alpha value is -1.57. The Morgan fingerprint density at radius 2 is 1.45 bits per heavy atom. The molecule has 7 heteroatoms. The van der Waals surface area contributed by atoms with E-state index in [0.29, 0.717) is 12.3 Å². The van der Waals surface area contributed by atoms with Crippen molar-refractivity contribution in [3.63, 3.8) is 0 Å². The molecule has 31 heavy (non-hydrogen) atoms. The first kappa shape index (κ1) is 25.7. The maximum Gasteiger partial charge on any atom is 0.264 e. The highest BCUT2D eigenvalue weighted by atomic mass is 79.9. The van der Waals surface area contributed by atoms with Gasteiger partial charge in [-0.25, -0.2) is 8.42 Å². The third kappa shape index (κ3) is 8.47. The molecule has 0 saturated heterocycles. The smallest absolute Gasteiger partial charge is 0.264 e. The van der Waals surface area contributed by atoms with Crippen LogP contribution in [0.4, 0.5) is 5.69 Å². The first-order valence-electron chi connectivity index (χ1n) is 11.0. The van der Waals surface area contributed by atoms with Crippen LogP contribution in [0.5, 0.6) is 5.75 Å². The van der Waals surface area contributed by atoms with Gasteiger partial charge in [-0.05, 0) is 87.9 Å². The highest BCUT2D eigenvalue weighted by Crippen LogP contribution is 2.25. The van der Waals surface area contributed by atoms with Gasteiger partial charge in [0.1, 0.15) is 5.75 Å². The Balaban J connectivity index is 1.73. The van der Waals surface area contributed by atoms with Crippen LogP contribution in [0, 0.1) is 0 Å². The van der Waals surface area contributed by atoms with Crippen LogP contribution in [0.25, 0.3) is 0 Å². The van der Waals surface area contributed by atoms with Gasteiger partial charge in [-0.3, -0.25) is 4.31 Å². The zero-order valence-electron chi connectivity index (χ0n) is 18.9. The Bertz CT molecular complexity index is 871. The lowest BCUT2D eigenvalue weighted by molar-refractivity contribution is 0.295. The zero-order valence-corrected chi connectivity index (χ0v) is 21.3. The molecular formula is C24H35BrN2O3S. The normalized spacial score (nSPS) is 11.6. The standard InChI is InChI=1S/C24H35BrN2O3S/c1-4-5-18-26(2)19-8-6-7-9-20-30-23-14-12-22(13-15-23)27(3)31(28,29)24-16-10-21(25)11-17-24/h10-17H,4-9,18-20H2,1-3H3. The monoisotopic (exact) mass is 510 g/mol. The van der Waals surface area contributed by atoms with E-state index in [2.05, 4.69) is 34.8 Å². The van der Waals surface area contributed by atoms with Crippen LogP contribution >= 0.6 is 15.9 Å². The van der Waals surface area contributed by atoms with Crippen molar-refractivity contribution in [2.45, 2.75) is 50.3 Å². The molecule has 172 valence electrons. The third-order valence-electron chi connectivity index (χ3n) is 5.27. The molecule has 5 nitrogen and oxygen atoms in total. The summed E-state index contributed by atoms with van der Waals surface area (Å²) in [6, 6.07) is 13.8. The average Bonchev–Trinajstić information content (AvgIpc) is 2.77. The first-order valence-corrected chi connectivity index (χ1v) is 13.2. The van der Waals surface area contributed by atoms with Crippen molar-refractivity contribution < 1.29 is 13.2 Å². The number of halogens is 1. The maximum absolute atomic E-state index is 12.8. The zero-order chi connectivity index (χ0) is 22.7. The van der Waals surface area contributed by atoms with Gasteiger partial charge in [-0.15, -0.1) is 0 Å². The molecule has 0 bridgehead atoms. The second-order valence-corrected chi connectivity index (χ2v) is 10.7. The number of rotatable bonds is 14. The van der Waals surface area contributed by atoms with E-state index < -0.39 is 10.0 Å². The Labute approximate surface area is 196 Å². The van der Waals surface area contributed by atoms with Gasteiger partial charge in [0.15, 0.2) is 0 Å². The number of ether oxygens (including phenoxy) is 1. The highest BCUT2D eigenvalue weighted by Gasteiger charge is 2.21. The van der Waals surface area contributed by atoms with Gasteiger partial charge in [0, 0.05) is 11.5 Å². The van der Waals surface area contributed by atoms with Gasteiger partial charge in [0.25, 0.3) is 10.0 Å². The van der Waals surface area contributed by atoms with E-state index in [9.17, 15) is 8.42 Å². The van der Waals surface area contributed by atoms with Crippen LogP contribution in [-0.4, -0.2) is 47.1 Å². The molecule has 0 N–H and O–H groups in total. The number of anilines is 1. The predicted molar refractivity (Wildman–Crippen MR) is 133 cm³/mol. The molecule has 0 heterocycles. The van der Waals surface area contributed by atoms with Gasteiger partial charge in [-0.2, -0.15) is 0 Å². The fourth-order valence-corrected chi connectivity index (χ4v) is 4.68. The van der Waals surface area contributed by atoms with Crippen LogP contribution in [0.1, 0.15) is 45.4 Å². The summed E-state index contributed by atoms with van der Waals surface area (Å²) in [6.07, 6.45) is 7.16. The van der Waals surface area contributed by atoms with Crippen LogP contribution < -0.4 is 9.04 Å². The quantitative estimate of drug-likeness (QED) is 0.295. The number of hydrogen-bond donors (Lipinski definition) is 0. The Morgan fingerprint density at radius 3 is 2.10 bits per heavy atom. The Kier molecular flexibility index (Phi) is 10.8. The molecule has 0 amide bonds. The highest BCUT2D eigenvalue weighted by molar-refractivity contribution is 9.10. The summed E-state index contributed by atoms with van der Waals surface area (Å²) in [4.78, 5) is 2.67. The number of nitrogens with zero attached hydrogens (tertiary/aromatic N) is 2.